The van der Waals surface area contributed by atoms with Crippen LogP contribution < -0.4 is 9.47 Å². The zero-order valence-electron chi connectivity index (χ0n) is 17.3. The highest BCUT2D eigenvalue weighted by Crippen LogP contribution is 2.33. The van der Waals surface area contributed by atoms with Gasteiger partial charge in [0.1, 0.15) is 0 Å². The van der Waals surface area contributed by atoms with Crippen molar-refractivity contribution >= 4 is 0 Å². The maximum absolute atomic E-state index is 10.5. The normalized spacial score (nSPS) is 14.5. The Kier molecular flexibility index (Phi) is 6.60. The summed E-state index contributed by atoms with van der Waals surface area (Å²) >= 11 is 0. The van der Waals surface area contributed by atoms with Gasteiger partial charge in [-0.1, -0.05) is 35.9 Å². The van der Waals surface area contributed by atoms with Gasteiger partial charge in [0.2, 0.25) is 6.79 Å². The smallest absolute Gasteiger partial charge is 0.231 e. The van der Waals surface area contributed by atoms with Crippen molar-refractivity contribution in [1.82, 2.24) is 4.90 Å². The first-order chi connectivity index (χ1) is 13.3. The number of aliphatic hydroxyl groups is 1. The fraction of sp³-hybridized carbons (Fsp3) is 0.478. The summed E-state index contributed by atoms with van der Waals surface area (Å²) in [4.78, 5) is 2.24. The van der Waals surface area contributed by atoms with Gasteiger partial charge in [-0.15, -0.1) is 0 Å². The van der Waals surface area contributed by atoms with Crippen LogP contribution in [0.15, 0.2) is 42.5 Å². The van der Waals surface area contributed by atoms with Crippen LogP contribution in [0.5, 0.6) is 11.5 Å². The number of nitrogens with zero attached hydrogens (tertiary/aromatic N) is 1. The maximum atomic E-state index is 10.5. The van der Waals surface area contributed by atoms with Crippen molar-refractivity contribution in [2.75, 3.05) is 19.9 Å². The fourth-order valence-electron chi connectivity index (χ4n) is 3.13. The SMILES string of the molecule is Cc1ccc(CN(Cc2ccc3c(c2)OCO3)C[C@@H](O)COC(C)(C)C)cc1. The van der Waals surface area contributed by atoms with Crippen molar-refractivity contribution in [3.05, 3.63) is 59.2 Å². The van der Waals surface area contributed by atoms with Gasteiger partial charge in [0, 0.05) is 19.6 Å². The molecule has 28 heavy (non-hydrogen) atoms. The molecule has 0 bridgehead atoms. The second-order valence-corrected chi connectivity index (χ2v) is 8.42. The van der Waals surface area contributed by atoms with Gasteiger partial charge in [-0.25, -0.2) is 0 Å². The Morgan fingerprint density at radius 3 is 2.36 bits per heavy atom. The molecule has 0 radical (unpaired) electrons. The topological polar surface area (TPSA) is 51.2 Å². The van der Waals surface area contributed by atoms with Gasteiger partial charge in [-0.05, 0) is 51.0 Å². The van der Waals surface area contributed by atoms with Gasteiger partial charge in [0.15, 0.2) is 11.5 Å². The Bertz CT molecular complexity index is 767. The number of aryl methyl sites for hydroxylation is 1. The molecule has 0 fully saturated rings. The second-order valence-electron chi connectivity index (χ2n) is 8.42. The van der Waals surface area contributed by atoms with Crippen LogP contribution in [0.2, 0.25) is 0 Å². The van der Waals surface area contributed by atoms with E-state index in [4.69, 9.17) is 14.2 Å². The van der Waals surface area contributed by atoms with Crippen LogP contribution in [0.3, 0.4) is 0 Å². The molecule has 0 spiro atoms. The first kappa shape index (κ1) is 20.6. The summed E-state index contributed by atoms with van der Waals surface area (Å²) in [5.74, 6) is 1.57. The number of hydrogen-bond donors (Lipinski definition) is 1. The average molecular weight is 386 g/mol. The third-order valence-corrected chi connectivity index (χ3v) is 4.55. The molecule has 0 aliphatic carbocycles. The lowest BCUT2D eigenvalue weighted by atomic mass is 10.1. The molecule has 1 aliphatic rings. The minimum absolute atomic E-state index is 0.264. The lowest BCUT2D eigenvalue weighted by molar-refractivity contribution is -0.0572. The minimum atomic E-state index is -0.557. The van der Waals surface area contributed by atoms with Crippen molar-refractivity contribution in [2.45, 2.75) is 52.5 Å². The Labute approximate surface area is 167 Å². The predicted molar refractivity (Wildman–Crippen MR) is 110 cm³/mol. The molecule has 0 amide bonds. The van der Waals surface area contributed by atoms with Crippen LogP contribution in [0, 0.1) is 6.92 Å². The van der Waals surface area contributed by atoms with Crippen molar-refractivity contribution in [1.29, 1.82) is 0 Å². The average Bonchev–Trinajstić information content (AvgIpc) is 3.09. The Morgan fingerprint density at radius 1 is 1.00 bits per heavy atom. The van der Waals surface area contributed by atoms with Gasteiger partial charge >= 0.3 is 0 Å². The second kappa shape index (κ2) is 8.95. The van der Waals surface area contributed by atoms with Crippen LogP contribution in [0.4, 0.5) is 0 Å². The Morgan fingerprint density at radius 2 is 1.64 bits per heavy atom. The highest BCUT2D eigenvalue weighted by molar-refractivity contribution is 5.44. The summed E-state index contributed by atoms with van der Waals surface area (Å²) in [6.45, 7) is 10.6. The number of fused-ring (bicyclic) bond motifs is 1. The first-order valence-corrected chi connectivity index (χ1v) is 9.77. The summed E-state index contributed by atoms with van der Waals surface area (Å²) in [5, 5.41) is 10.5. The third-order valence-electron chi connectivity index (χ3n) is 4.55. The molecule has 3 rings (SSSR count). The third kappa shape index (κ3) is 6.23. The van der Waals surface area contributed by atoms with E-state index in [1.54, 1.807) is 0 Å². The van der Waals surface area contributed by atoms with E-state index in [1.165, 1.54) is 11.1 Å². The van der Waals surface area contributed by atoms with Crippen molar-refractivity contribution in [2.24, 2.45) is 0 Å². The molecule has 0 unspecified atom stereocenters. The van der Waals surface area contributed by atoms with Gasteiger partial charge in [-0.3, -0.25) is 4.90 Å². The van der Waals surface area contributed by atoms with E-state index < -0.39 is 6.10 Å². The molecule has 1 heterocycles. The largest absolute Gasteiger partial charge is 0.454 e. The van der Waals surface area contributed by atoms with E-state index in [0.717, 1.165) is 23.6 Å². The molecule has 1 aliphatic heterocycles. The number of rotatable bonds is 8. The molecule has 0 saturated carbocycles. The number of aliphatic hydroxyl groups excluding tert-OH is 1. The molecular weight excluding hydrogens is 354 g/mol. The maximum Gasteiger partial charge on any atom is 0.231 e. The van der Waals surface area contributed by atoms with Gasteiger partial charge < -0.3 is 19.3 Å². The minimum Gasteiger partial charge on any atom is -0.454 e. The standard InChI is InChI=1S/C23H31NO4/c1-17-5-7-18(8-6-17)12-24(14-20(25)15-28-23(2,3)4)13-19-9-10-21-22(11-19)27-16-26-21/h5-11,20,25H,12-16H2,1-4H3/t20-/m1/s1. The molecule has 0 aromatic heterocycles. The predicted octanol–water partition coefficient (Wildman–Crippen LogP) is 3.90. The number of ether oxygens (including phenoxy) is 3. The van der Waals surface area contributed by atoms with E-state index in [9.17, 15) is 5.11 Å². The monoisotopic (exact) mass is 385 g/mol. The lowest BCUT2D eigenvalue weighted by Crippen LogP contribution is -2.36. The summed E-state index contributed by atoms with van der Waals surface area (Å²) in [7, 11) is 0. The van der Waals surface area contributed by atoms with E-state index >= 15 is 0 Å². The molecular formula is C23H31NO4. The van der Waals surface area contributed by atoms with Crippen molar-refractivity contribution in [3.8, 4) is 11.5 Å². The molecule has 5 nitrogen and oxygen atoms in total. The van der Waals surface area contributed by atoms with Crippen LogP contribution in [-0.2, 0) is 17.8 Å². The summed E-state index contributed by atoms with van der Waals surface area (Å²) in [5.41, 5.74) is 3.32. The van der Waals surface area contributed by atoms with Gasteiger partial charge in [0.05, 0.1) is 18.3 Å². The summed E-state index contributed by atoms with van der Waals surface area (Å²) in [6, 6.07) is 14.5. The molecule has 0 saturated heterocycles. The van der Waals surface area contributed by atoms with Gasteiger partial charge in [0.25, 0.3) is 0 Å². The molecule has 1 N–H and O–H groups in total. The number of benzene rings is 2. The first-order valence-electron chi connectivity index (χ1n) is 9.77. The zero-order chi connectivity index (χ0) is 20.1. The van der Waals surface area contributed by atoms with Crippen LogP contribution in [0.25, 0.3) is 0 Å². The molecule has 5 heteroatoms. The number of hydrogen-bond acceptors (Lipinski definition) is 5. The highest BCUT2D eigenvalue weighted by atomic mass is 16.7. The zero-order valence-corrected chi connectivity index (χ0v) is 17.3. The molecule has 2 aromatic carbocycles. The Hall–Kier alpha value is -2.08. The van der Waals surface area contributed by atoms with E-state index in [-0.39, 0.29) is 12.4 Å². The molecule has 2 aromatic rings. The molecule has 1 atom stereocenters. The quantitative estimate of drug-likeness (QED) is 0.747. The van der Waals surface area contributed by atoms with E-state index in [2.05, 4.69) is 36.1 Å². The van der Waals surface area contributed by atoms with E-state index in [1.807, 2.05) is 39.0 Å². The fourth-order valence-corrected chi connectivity index (χ4v) is 3.13. The van der Waals surface area contributed by atoms with Crippen LogP contribution in [0.1, 0.15) is 37.5 Å². The molecule has 152 valence electrons. The highest BCUT2D eigenvalue weighted by Gasteiger charge is 2.19. The Balaban J connectivity index is 1.69. The lowest BCUT2D eigenvalue weighted by Gasteiger charge is -2.27. The van der Waals surface area contributed by atoms with E-state index in [0.29, 0.717) is 19.7 Å². The van der Waals surface area contributed by atoms with Crippen LogP contribution >= 0.6 is 0 Å². The van der Waals surface area contributed by atoms with Gasteiger partial charge in [-0.2, -0.15) is 0 Å². The van der Waals surface area contributed by atoms with Crippen molar-refractivity contribution in [3.63, 3.8) is 0 Å². The summed E-state index contributed by atoms with van der Waals surface area (Å²) < 4.78 is 16.7. The van der Waals surface area contributed by atoms with Crippen molar-refractivity contribution < 1.29 is 19.3 Å². The van der Waals surface area contributed by atoms with Crippen LogP contribution in [-0.4, -0.2) is 41.7 Å². The summed E-state index contributed by atoms with van der Waals surface area (Å²) in [6.07, 6.45) is -0.557.